The third kappa shape index (κ3) is 4.90. The summed E-state index contributed by atoms with van der Waals surface area (Å²) in [5.41, 5.74) is 3.00. The van der Waals surface area contributed by atoms with E-state index in [4.69, 9.17) is 16.1 Å². The molecule has 7 heteroatoms. The summed E-state index contributed by atoms with van der Waals surface area (Å²) >= 11 is 6.12. The second-order valence-corrected chi connectivity index (χ2v) is 7.47. The first kappa shape index (κ1) is 19.3. The van der Waals surface area contributed by atoms with Crippen LogP contribution in [0.4, 0.5) is 5.69 Å². The Morgan fingerprint density at radius 1 is 1.21 bits per heavy atom. The van der Waals surface area contributed by atoms with E-state index in [-0.39, 0.29) is 0 Å². The van der Waals surface area contributed by atoms with Crippen LogP contribution in [0.15, 0.2) is 70.2 Å². The van der Waals surface area contributed by atoms with Gasteiger partial charge in [0.05, 0.1) is 6.54 Å². The Morgan fingerprint density at radius 3 is 2.86 bits per heavy atom. The van der Waals surface area contributed by atoms with Gasteiger partial charge in [-0.05, 0) is 24.6 Å². The molecule has 6 nitrogen and oxygen atoms in total. The summed E-state index contributed by atoms with van der Waals surface area (Å²) in [5, 5.41) is 11.7. The van der Waals surface area contributed by atoms with Crippen molar-refractivity contribution in [2.45, 2.75) is 19.0 Å². The van der Waals surface area contributed by atoms with E-state index in [0.29, 0.717) is 12.6 Å². The molecule has 1 fully saturated rings. The molecular weight excluding hydrogens is 386 g/mol. The van der Waals surface area contributed by atoms with Crippen LogP contribution in [0.2, 0.25) is 5.02 Å². The Hall–Kier alpha value is -2.99. The van der Waals surface area contributed by atoms with E-state index in [1.807, 2.05) is 54.6 Å². The minimum absolute atomic E-state index is 0.317. The second kappa shape index (κ2) is 9.01. The van der Waals surface area contributed by atoms with Crippen molar-refractivity contribution in [2.75, 3.05) is 25.0 Å². The average Bonchev–Trinajstić information content (AvgIpc) is 3.41. The second-order valence-electron chi connectivity index (χ2n) is 7.03. The van der Waals surface area contributed by atoms with Gasteiger partial charge in [-0.1, -0.05) is 53.2 Å². The maximum Gasteiger partial charge on any atom is 0.191 e. The zero-order valence-electron chi connectivity index (χ0n) is 16.3. The highest BCUT2D eigenvalue weighted by Gasteiger charge is 2.23. The third-order valence-electron chi connectivity index (χ3n) is 4.98. The number of nitrogens with one attached hydrogen (secondary N) is 2. The summed E-state index contributed by atoms with van der Waals surface area (Å²) in [4.78, 5) is 6.67. The van der Waals surface area contributed by atoms with Crippen molar-refractivity contribution in [2.24, 2.45) is 4.99 Å². The normalized spacial score (nSPS) is 16.8. The number of hydrogen-bond donors (Lipinski definition) is 2. The molecule has 0 saturated carbocycles. The summed E-state index contributed by atoms with van der Waals surface area (Å²) in [7, 11) is 1.78. The summed E-state index contributed by atoms with van der Waals surface area (Å²) < 4.78 is 5.46. The maximum absolute atomic E-state index is 6.12. The van der Waals surface area contributed by atoms with Gasteiger partial charge in [0.25, 0.3) is 0 Å². The monoisotopic (exact) mass is 409 g/mol. The number of anilines is 1. The number of nitrogens with zero attached hydrogens (tertiary/aromatic N) is 3. The van der Waals surface area contributed by atoms with Gasteiger partial charge in [0.15, 0.2) is 11.7 Å². The number of halogens is 1. The first-order chi connectivity index (χ1) is 14.2. The zero-order valence-corrected chi connectivity index (χ0v) is 17.1. The fourth-order valence-electron chi connectivity index (χ4n) is 3.48. The van der Waals surface area contributed by atoms with E-state index in [2.05, 4.69) is 31.7 Å². The van der Waals surface area contributed by atoms with Crippen molar-refractivity contribution < 1.29 is 4.52 Å². The molecule has 1 aliphatic rings. The van der Waals surface area contributed by atoms with E-state index in [0.717, 1.165) is 53.2 Å². The lowest BCUT2D eigenvalue weighted by Crippen LogP contribution is -2.44. The van der Waals surface area contributed by atoms with Crippen LogP contribution in [-0.4, -0.2) is 37.3 Å². The Balaban J connectivity index is 1.30. The first-order valence-corrected chi connectivity index (χ1v) is 10.1. The first-order valence-electron chi connectivity index (χ1n) is 9.70. The lowest BCUT2D eigenvalue weighted by Gasteiger charge is -2.20. The fourth-order valence-corrected chi connectivity index (χ4v) is 3.67. The number of hydrogen-bond acceptors (Lipinski definition) is 4. The minimum Gasteiger partial charge on any atom is -0.369 e. The third-order valence-corrected chi connectivity index (χ3v) is 5.22. The molecule has 2 N–H and O–H groups in total. The van der Waals surface area contributed by atoms with Crippen molar-refractivity contribution in [3.05, 3.63) is 71.4 Å². The summed E-state index contributed by atoms with van der Waals surface area (Å²) in [6.45, 7) is 2.43. The van der Waals surface area contributed by atoms with Crippen LogP contribution in [0, 0.1) is 0 Å². The molecule has 1 aromatic heterocycles. The molecule has 29 heavy (non-hydrogen) atoms. The molecular formula is C22H24ClN5O. The van der Waals surface area contributed by atoms with Crippen LogP contribution in [-0.2, 0) is 6.54 Å². The summed E-state index contributed by atoms with van der Waals surface area (Å²) in [6.07, 6.45) is 1.04. The standard InChI is InChI=1S/C22H24ClN5O/c1-24-22(25-14-19-13-21(29-27-19)16-6-3-2-4-7-16)26-18-10-11-28(15-18)20-9-5-8-17(23)12-20/h2-9,12-13,18H,10-11,14-15H2,1H3,(H2,24,25,26). The van der Waals surface area contributed by atoms with Crippen LogP contribution < -0.4 is 15.5 Å². The van der Waals surface area contributed by atoms with E-state index >= 15 is 0 Å². The molecule has 2 aromatic carbocycles. The Labute approximate surface area is 175 Å². The lowest BCUT2D eigenvalue weighted by atomic mass is 10.2. The topological polar surface area (TPSA) is 65.7 Å². The maximum atomic E-state index is 6.12. The number of rotatable bonds is 5. The SMILES string of the molecule is CN=C(NCc1cc(-c2ccccc2)on1)NC1CCN(c2cccc(Cl)c2)C1. The predicted octanol–water partition coefficient (Wildman–Crippen LogP) is 3.94. The van der Waals surface area contributed by atoms with Gasteiger partial charge in [-0.3, -0.25) is 4.99 Å². The van der Waals surface area contributed by atoms with Gasteiger partial charge in [-0.15, -0.1) is 0 Å². The van der Waals surface area contributed by atoms with E-state index in [1.165, 1.54) is 0 Å². The molecule has 1 unspecified atom stereocenters. The van der Waals surface area contributed by atoms with Crippen molar-refractivity contribution in [3.63, 3.8) is 0 Å². The molecule has 0 aliphatic carbocycles. The number of aliphatic imine (C=N–C) groups is 1. The van der Waals surface area contributed by atoms with Crippen LogP contribution >= 0.6 is 11.6 Å². The van der Waals surface area contributed by atoms with Gasteiger partial charge in [0.2, 0.25) is 0 Å². The Kier molecular flexibility index (Phi) is 6.00. The average molecular weight is 410 g/mol. The molecule has 0 bridgehead atoms. The van der Waals surface area contributed by atoms with Crippen molar-refractivity contribution >= 4 is 23.2 Å². The van der Waals surface area contributed by atoms with Crippen LogP contribution in [0.5, 0.6) is 0 Å². The quantitative estimate of drug-likeness (QED) is 0.493. The van der Waals surface area contributed by atoms with Gasteiger partial charge < -0.3 is 20.1 Å². The highest BCUT2D eigenvalue weighted by atomic mass is 35.5. The lowest BCUT2D eigenvalue weighted by molar-refractivity contribution is 0.422. The summed E-state index contributed by atoms with van der Waals surface area (Å²) in [5.74, 6) is 1.52. The fraction of sp³-hybridized carbons (Fsp3) is 0.273. The smallest absolute Gasteiger partial charge is 0.191 e. The van der Waals surface area contributed by atoms with Gasteiger partial charge >= 0.3 is 0 Å². The van der Waals surface area contributed by atoms with E-state index in [9.17, 15) is 0 Å². The number of guanidine groups is 1. The van der Waals surface area contributed by atoms with E-state index in [1.54, 1.807) is 7.05 Å². The number of benzene rings is 2. The Bertz CT molecular complexity index is 972. The molecule has 4 rings (SSSR count). The molecule has 0 spiro atoms. The van der Waals surface area contributed by atoms with Crippen LogP contribution in [0.25, 0.3) is 11.3 Å². The highest BCUT2D eigenvalue weighted by molar-refractivity contribution is 6.30. The molecule has 0 radical (unpaired) electrons. The molecule has 150 valence electrons. The summed E-state index contributed by atoms with van der Waals surface area (Å²) in [6, 6.07) is 20.2. The van der Waals surface area contributed by atoms with Gasteiger partial charge in [0.1, 0.15) is 5.69 Å². The zero-order chi connectivity index (χ0) is 20.1. The molecule has 2 heterocycles. The van der Waals surface area contributed by atoms with Crippen LogP contribution in [0.3, 0.4) is 0 Å². The highest BCUT2D eigenvalue weighted by Crippen LogP contribution is 2.23. The van der Waals surface area contributed by atoms with Gasteiger partial charge in [-0.2, -0.15) is 0 Å². The number of aromatic nitrogens is 1. The van der Waals surface area contributed by atoms with Gasteiger partial charge in [0, 0.05) is 48.5 Å². The molecule has 1 saturated heterocycles. The Morgan fingerprint density at radius 2 is 2.07 bits per heavy atom. The molecule has 1 aliphatic heterocycles. The van der Waals surface area contributed by atoms with Gasteiger partial charge in [-0.25, -0.2) is 0 Å². The van der Waals surface area contributed by atoms with Crippen molar-refractivity contribution in [1.29, 1.82) is 0 Å². The van der Waals surface area contributed by atoms with Crippen molar-refractivity contribution in [1.82, 2.24) is 15.8 Å². The predicted molar refractivity (Wildman–Crippen MR) is 117 cm³/mol. The van der Waals surface area contributed by atoms with E-state index < -0.39 is 0 Å². The molecule has 0 amide bonds. The largest absolute Gasteiger partial charge is 0.369 e. The van der Waals surface area contributed by atoms with Crippen molar-refractivity contribution in [3.8, 4) is 11.3 Å². The molecule has 1 atom stereocenters. The molecule has 3 aromatic rings. The van der Waals surface area contributed by atoms with Crippen LogP contribution in [0.1, 0.15) is 12.1 Å². The minimum atomic E-state index is 0.317.